The summed E-state index contributed by atoms with van der Waals surface area (Å²) in [6, 6.07) is 5.77. The van der Waals surface area contributed by atoms with E-state index in [0.29, 0.717) is 5.56 Å². The smallest absolute Gasteiger partial charge is 0.269 e. The SMILES string of the molecule is O=C(NC1CCCNC1)c1ccc([N+](=O)[O-])cc1. The lowest BCUT2D eigenvalue weighted by molar-refractivity contribution is -0.384. The van der Waals surface area contributed by atoms with Crippen LogP contribution in [0.15, 0.2) is 24.3 Å². The second-order valence-electron chi connectivity index (χ2n) is 4.32. The Kier molecular flexibility index (Phi) is 3.88. The quantitative estimate of drug-likeness (QED) is 0.620. The summed E-state index contributed by atoms with van der Waals surface area (Å²) in [5.41, 5.74) is 0.442. The second-order valence-corrected chi connectivity index (χ2v) is 4.32. The third-order valence-corrected chi connectivity index (χ3v) is 2.97. The van der Waals surface area contributed by atoms with Gasteiger partial charge in [-0.15, -0.1) is 0 Å². The zero-order valence-corrected chi connectivity index (χ0v) is 9.89. The number of rotatable bonds is 3. The molecule has 1 saturated heterocycles. The van der Waals surface area contributed by atoms with Crippen LogP contribution in [0.5, 0.6) is 0 Å². The summed E-state index contributed by atoms with van der Waals surface area (Å²) in [7, 11) is 0. The molecule has 0 aromatic heterocycles. The number of nitro groups is 1. The van der Waals surface area contributed by atoms with Crippen LogP contribution in [0.2, 0.25) is 0 Å². The van der Waals surface area contributed by atoms with Gasteiger partial charge in [-0.1, -0.05) is 0 Å². The molecule has 0 saturated carbocycles. The number of hydrogen-bond acceptors (Lipinski definition) is 4. The lowest BCUT2D eigenvalue weighted by Crippen LogP contribution is -2.45. The summed E-state index contributed by atoms with van der Waals surface area (Å²) in [6.07, 6.45) is 2.01. The molecule has 0 bridgehead atoms. The first-order chi connectivity index (χ1) is 8.66. The van der Waals surface area contributed by atoms with Gasteiger partial charge in [0.15, 0.2) is 0 Å². The average molecular weight is 249 g/mol. The summed E-state index contributed by atoms with van der Waals surface area (Å²) >= 11 is 0. The Balaban J connectivity index is 1.97. The van der Waals surface area contributed by atoms with Gasteiger partial charge < -0.3 is 10.6 Å². The Morgan fingerprint density at radius 2 is 2.11 bits per heavy atom. The van der Waals surface area contributed by atoms with Crippen molar-refractivity contribution >= 4 is 11.6 Å². The van der Waals surface area contributed by atoms with Crippen LogP contribution in [0.3, 0.4) is 0 Å². The van der Waals surface area contributed by atoms with Crippen LogP contribution < -0.4 is 10.6 Å². The summed E-state index contributed by atoms with van der Waals surface area (Å²) in [6.45, 7) is 1.77. The number of carbonyl (C=O) groups is 1. The highest BCUT2D eigenvalue weighted by Crippen LogP contribution is 2.12. The third kappa shape index (κ3) is 3.04. The molecule has 18 heavy (non-hydrogen) atoms. The van der Waals surface area contributed by atoms with Gasteiger partial charge in [-0.25, -0.2) is 0 Å². The van der Waals surface area contributed by atoms with E-state index in [9.17, 15) is 14.9 Å². The summed E-state index contributed by atoms with van der Waals surface area (Å²) < 4.78 is 0. The topological polar surface area (TPSA) is 84.3 Å². The number of hydrogen-bond donors (Lipinski definition) is 2. The first kappa shape index (κ1) is 12.5. The van der Waals surface area contributed by atoms with Crippen molar-refractivity contribution in [2.75, 3.05) is 13.1 Å². The van der Waals surface area contributed by atoms with Gasteiger partial charge in [0.25, 0.3) is 11.6 Å². The van der Waals surface area contributed by atoms with E-state index >= 15 is 0 Å². The van der Waals surface area contributed by atoms with Gasteiger partial charge in [0, 0.05) is 30.3 Å². The van der Waals surface area contributed by atoms with Gasteiger partial charge in [-0.2, -0.15) is 0 Å². The van der Waals surface area contributed by atoms with E-state index in [1.54, 1.807) is 0 Å². The van der Waals surface area contributed by atoms with Crippen LogP contribution in [0.25, 0.3) is 0 Å². The molecule has 2 rings (SSSR count). The molecule has 1 aromatic rings. The van der Waals surface area contributed by atoms with Crippen molar-refractivity contribution < 1.29 is 9.72 Å². The van der Waals surface area contributed by atoms with Crippen molar-refractivity contribution in [1.29, 1.82) is 0 Å². The molecule has 1 heterocycles. The summed E-state index contributed by atoms with van der Waals surface area (Å²) in [4.78, 5) is 21.9. The minimum Gasteiger partial charge on any atom is -0.348 e. The van der Waals surface area contributed by atoms with Crippen molar-refractivity contribution in [3.63, 3.8) is 0 Å². The molecular weight excluding hydrogens is 234 g/mol. The molecule has 0 aliphatic carbocycles. The molecule has 1 unspecified atom stereocenters. The fraction of sp³-hybridized carbons (Fsp3) is 0.417. The molecule has 6 nitrogen and oxygen atoms in total. The first-order valence-corrected chi connectivity index (χ1v) is 5.93. The van der Waals surface area contributed by atoms with Crippen molar-refractivity contribution in [1.82, 2.24) is 10.6 Å². The molecule has 0 radical (unpaired) electrons. The predicted molar refractivity (Wildman–Crippen MR) is 66.5 cm³/mol. The average Bonchev–Trinajstić information content (AvgIpc) is 2.40. The molecule has 1 aromatic carbocycles. The fourth-order valence-electron chi connectivity index (χ4n) is 1.98. The highest BCUT2D eigenvalue weighted by molar-refractivity contribution is 5.94. The van der Waals surface area contributed by atoms with Gasteiger partial charge in [-0.05, 0) is 31.5 Å². The van der Waals surface area contributed by atoms with Crippen molar-refractivity contribution in [2.24, 2.45) is 0 Å². The zero-order valence-electron chi connectivity index (χ0n) is 9.89. The number of benzene rings is 1. The molecular formula is C12H15N3O3. The number of non-ortho nitro benzene ring substituents is 1. The van der Waals surface area contributed by atoms with Crippen molar-refractivity contribution in [3.05, 3.63) is 39.9 Å². The molecule has 1 aliphatic rings. The predicted octanol–water partition coefficient (Wildman–Crippen LogP) is 1.08. The van der Waals surface area contributed by atoms with E-state index in [-0.39, 0.29) is 17.6 Å². The van der Waals surface area contributed by atoms with Gasteiger partial charge in [0.2, 0.25) is 0 Å². The molecule has 1 fully saturated rings. The monoisotopic (exact) mass is 249 g/mol. The van der Waals surface area contributed by atoms with Crippen LogP contribution in [0.1, 0.15) is 23.2 Å². The maximum absolute atomic E-state index is 11.9. The lowest BCUT2D eigenvalue weighted by Gasteiger charge is -2.23. The fourth-order valence-corrected chi connectivity index (χ4v) is 1.98. The Morgan fingerprint density at radius 1 is 1.39 bits per heavy atom. The summed E-state index contributed by atoms with van der Waals surface area (Å²) in [5.74, 6) is -0.182. The van der Waals surface area contributed by atoms with Crippen LogP contribution in [0.4, 0.5) is 5.69 Å². The molecule has 1 atom stereocenters. The Hall–Kier alpha value is -1.95. The largest absolute Gasteiger partial charge is 0.348 e. The number of carbonyl (C=O) groups excluding carboxylic acids is 1. The van der Waals surface area contributed by atoms with E-state index in [1.165, 1.54) is 24.3 Å². The molecule has 0 spiro atoms. The minimum absolute atomic E-state index is 0.00844. The van der Waals surface area contributed by atoms with Gasteiger partial charge in [-0.3, -0.25) is 14.9 Å². The van der Waals surface area contributed by atoms with Crippen molar-refractivity contribution in [2.45, 2.75) is 18.9 Å². The maximum atomic E-state index is 11.9. The van der Waals surface area contributed by atoms with E-state index in [0.717, 1.165) is 25.9 Å². The molecule has 1 aliphatic heterocycles. The van der Waals surface area contributed by atoms with E-state index in [2.05, 4.69) is 10.6 Å². The molecule has 2 N–H and O–H groups in total. The Morgan fingerprint density at radius 3 is 2.67 bits per heavy atom. The molecule has 6 heteroatoms. The molecule has 1 amide bonds. The maximum Gasteiger partial charge on any atom is 0.269 e. The van der Waals surface area contributed by atoms with Gasteiger partial charge >= 0.3 is 0 Å². The second kappa shape index (κ2) is 5.59. The normalized spacial score (nSPS) is 19.2. The van der Waals surface area contributed by atoms with Crippen LogP contribution in [-0.4, -0.2) is 30.0 Å². The van der Waals surface area contributed by atoms with E-state index < -0.39 is 4.92 Å². The van der Waals surface area contributed by atoms with Crippen LogP contribution in [-0.2, 0) is 0 Å². The number of nitro benzene ring substituents is 1. The highest BCUT2D eigenvalue weighted by atomic mass is 16.6. The lowest BCUT2D eigenvalue weighted by atomic mass is 10.1. The first-order valence-electron chi connectivity index (χ1n) is 5.93. The van der Waals surface area contributed by atoms with E-state index in [4.69, 9.17) is 0 Å². The van der Waals surface area contributed by atoms with Gasteiger partial charge in [0.1, 0.15) is 0 Å². The Bertz CT molecular complexity index is 438. The number of piperidine rings is 1. The standard InChI is InChI=1S/C12H15N3O3/c16-12(14-10-2-1-7-13-8-10)9-3-5-11(6-4-9)15(17)18/h3-6,10,13H,1-2,7-8H2,(H,14,16). The molecule has 96 valence electrons. The number of nitrogens with zero attached hydrogens (tertiary/aromatic N) is 1. The summed E-state index contributed by atoms with van der Waals surface area (Å²) in [5, 5.41) is 16.6. The van der Waals surface area contributed by atoms with Crippen molar-refractivity contribution in [3.8, 4) is 0 Å². The zero-order chi connectivity index (χ0) is 13.0. The van der Waals surface area contributed by atoms with Crippen LogP contribution >= 0.6 is 0 Å². The highest BCUT2D eigenvalue weighted by Gasteiger charge is 2.16. The van der Waals surface area contributed by atoms with Gasteiger partial charge in [0.05, 0.1) is 4.92 Å². The van der Waals surface area contributed by atoms with Crippen LogP contribution in [0, 0.1) is 10.1 Å². The minimum atomic E-state index is -0.479. The Labute approximate surface area is 105 Å². The number of amides is 1. The number of nitrogens with one attached hydrogen (secondary N) is 2. The van der Waals surface area contributed by atoms with E-state index in [1.807, 2.05) is 0 Å². The third-order valence-electron chi connectivity index (χ3n) is 2.97.